The van der Waals surface area contributed by atoms with Crippen molar-refractivity contribution in [2.75, 3.05) is 11.1 Å². The lowest BCUT2D eigenvalue weighted by Crippen LogP contribution is -2.15. The van der Waals surface area contributed by atoms with Gasteiger partial charge < -0.3 is 11.1 Å². The fourth-order valence-electron chi connectivity index (χ4n) is 2.14. The molecule has 0 aliphatic carbocycles. The quantitative estimate of drug-likeness (QED) is 0.550. The third kappa shape index (κ3) is 3.77. The molecule has 1 aromatic carbocycles. The molecule has 0 fully saturated rings. The smallest absolute Gasteiger partial charge is 0.281 e. The number of rotatable bonds is 4. The maximum absolute atomic E-state index is 12.9. The minimum absolute atomic E-state index is 0.136. The van der Waals surface area contributed by atoms with E-state index >= 15 is 0 Å². The van der Waals surface area contributed by atoms with Gasteiger partial charge >= 0.3 is 0 Å². The van der Waals surface area contributed by atoms with E-state index in [0.29, 0.717) is 11.1 Å². The van der Waals surface area contributed by atoms with Gasteiger partial charge in [-0.25, -0.2) is 18.7 Å². The van der Waals surface area contributed by atoms with Crippen LogP contribution >= 0.6 is 0 Å². The van der Waals surface area contributed by atoms with Crippen molar-refractivity contribution >= 4 is 17.3 Å². The molecule has 3 aromatic rings. The van der Waals surface area contributed by atoms with E-state index in [2.05, 4.69) is 20.3 Å². The summed E-state index contributed by atoms with van der Waals surface area (Å²) in [7, 11) is 0. The van der Waals surface area contributed by atoms with Crippen LogP contribution in [0.1, 0.15) is 22.6 Å². The Morgan fingerprint density at radius 2 is 1.77 bits per heavy atom. The molecule has 3 rings (SSSR count). The highest BCUT2D eigenvalue weighted by Crippen LogP contribution is 2.27. The summed E-state index contributed by atoms with van der Waals surface area (Å²) in [4.78, 5) is 23.0. The number of hydrogen-bond donors (Lipinski definition) is 2. The molecule has 0 atom stereocenters. The fourth-order valence-corrected chi connectivity index (χ4v) is 2.14. The number of nitrogens with zero attached hydrogens (tertiary/aromatic N) is 3. The average molecular weight is 359 g/mol. The maximum Gasteiger partial charge on any atom is 0.281 e. The van der Waals surface area contributed by atoms with Crippen LogP contribution in [0, 0.1) is 5.95 Å². The summed E-state index contributed by atoms with van der Waals surface area (Å²) in [5.74, 6) is -1.26. The van der Waals surface area contributed by atoms with E-state index in [-0.39, 0.29) is 17.1 Å². The molecule has 132 valence electrons. The molecule has 0 radical (unpaired) electrons. The van der Waals surface area contributed by atoms with Crippen LogP contribution < -0.4 is 11.1 Å². The Bertz CT molecular complexity index is 930. The summed E-state index contributed by atoms with van der Waals surface area (Å²) in [6, 6.07) is 7.60. The van der Waals surface area contributed by atoms with Gasteiger partial charge in [0, 0.05) is 11.8 Å². The highest BCUT2D eigenvalue weighted by molar-refractivity contribution is 6.04. The molecule has 0 aliphatic rings. The number of anilines is 2. The van der Waals surface area contributed by atoms with E-state index in [1.807, 2.05) is 0 Å². The summed E-state index contributed by atoms with van der Waals surface area (Å²) in [5, 5.41) is 2.55. The van der Waals surface area contributed by atoms with Gasteiger partial charge in [-0.3, -0.25) is 9.78 Å². The molecular formula is C17H12F3N5O. The molecule has 26 heavy (non-hydrogen) atoms. The van der Waals surface area contributed by atoms with Gasteiger partial charge in [0.1, 0.15) is 11.4 Å². The molecule has 0 spiro atoms. The molecule has 2 aromatic heterocycles. The summed E-state index contributed by atoms with van der Waals surface area (Å²) < 4.78 is 37.9. The van der Waals surface area contributed by atoms with Gasteiger partial charge in [0.15, 0.2) is 0 Å². The highest BCUT2D eigenvalue weighted by atomic mass is 19.3. The van der Waals surface area contributed by atoms with Crippen molar-refractivity contribution in [3.05, 3.63) is 66.3 Å². The number of hydrogen-bond acceptors (Lipinski definition) is 5. The second-order valence-electron chi connectivity index (χ2n) is 5.25. The molecule has 9 heteroatoms. The topological polar surface area (TPSA) is 93.8 Å². The molecule has 6 nitrogen and oxygen atoms in total. The Morgan fingerprint density at radius 1 is 1.00 bits per heavy atom. The number of pyridine rings is 1. The molecule has 3 N–H and O–H groups in total. The minimum Gasteiger partial charge on any atom is -0.397 e. The van der Waals surface area contributed by atoms with Gasteiger partial charge in [0.25, 0.3) is 12.3 Å². The molecule has 0 saturated heterocycles. The normalized spacial score (nSPS) is 10.8. The number of amides is 1. The number of carbonyl (C=O) groups excluding carboxylic acids is 1. The van der Waals surface area contributed by atoms with Crippen molar-refractivity contribution in [3.63, 3.8) is 0 Å². The van der Waals surface area contributed by atoms with Crippen molar-refractivity contribution in [1.82, 2.24) is 15.0 Å². The molecule has 0 unspecified atom stereocenters. The Kier molecular flexibility index (Phi) is 4.78. The van der Waals surface area contributed by atoms with E-state index in [9.17, 15) is 18.0 Å². The van der Waals surface area contributed by atoms with Crippen LogP contribution in [0.4, 0.5) is 24.5 Å². The molecule has 1 amide bonds. The van der Waals surface area contributed by atoms with E-state index in [1.54, 1.807) is 18.2 Å². The Morgan fingerprint density at radius 3 is 2.38 bits per heavy atom. The van der Waals surface area contributed by atoms with Crippen LogP contribution in [0.2, 0.25) is 0 Å². The van der Waals surface area contributed by atoms with Crippen LogP contribution in [0.15, 0.2) is 48.9 Å². The van der Waals surface area contributed by atoms with Gasteiger partial charge in [-0.1, -0.05) is 6.07 Å². The number of carbonyl (C=O) groups is 1. The molecule has 0 aliphatic heterocycles. The zero-order valence-electron chi connectivity index (χ0n) is 13.2. The first-order valence-corrected chi connectivity index (χ1v) is 7.37. The number of benzene rings is 1. The standard InChI is InChI=1S/C17H12F3N5O/c18-15-4-2-10(6-24-15)9-1-3-11(21)12(5-9)25-17(26)14-8-22-13(7-23-14)16(19)20/h1-8,16H,21H2,(H,25,26). The van der Waals surface area contributed by atoms with E-state index in [0.717, 1.165) is 12.4 Å². The molecule has 0 bridgehead atoms. The number of nitrogen functional groups attached to an aromatic ring is 1. The fraction of sp³-hybridized carbons (Fsp3) is 0.0588. The third-order valence-corrected chi connectivity index (χ3v) is 3.49. The Balaban J connectivity index is 1.83. The van der Waals surface area contributed by atoms with Gasteiger partial charge in [-0.05, 0) is 29.8 Å². The lowest BCUT2D eigenvalue weighted by Gasteiger charge is -2.10. The predicted octanol–water partition coefficient (Wildman–Crippen LogP) is 3.45. The number of halogens is 3. The van der Waals surface area contributed by atoms with E-state index in [4.69, 9.17) is 5.73 Å². The number of alkyl halides is 2. The zero-order valence-corrected chi connectivity index (χ0v) is 13.2. The molecule has 2 heterocycles. The monoisotopic (exact) mass is 359 g/mol. The third-order valence-electron chi connectivity index (χ3n) is 3.49. The number of nitrogens with two attached hydrogens (primary N) is 1. The second-order valence-corrected chi connectivity index (χ2v) is 5.25. The van der Waals surface area contributed by atoms with Crippen LogP contribution in [-0.2, 0) is 0 Å². The lowest BCUT2D eigenvalue weighted by atomic mass is 10.1. The first-order valence-electron chi connectivity index (χ1n) is 7.37. The van der Waals surface area contributed by atoms with E-state index < -0.39 is 24.0 Å². The van der Waals surface area contributed by atoms with Crippen molar-refractivity contribution in [1.29, 1.82) is 0 Å². The Hall–Kier alpha value is -3.49. The van der Waals surface area contributed by atoms with Crippen LogP contribution in [-0.4, -0.2) is 20.9 Å². The summed E-state index contributed by atoms with van der Waals surface area (Å²) in [5.41, 5.74) is 7.05. The van der Waals surface area contributed by atoms with Crippen LogP contribution in [0.5, 0.6) is 0 Å². The highest BCUT2D eigenvalue weighted by Gasteiger charge is 2.14. The van der Waals surface area contributed by atoms with E-state index in [1.165, 1.54) is 18.3 Å². The molecular weight excluding hydrogens is 347 g/mol. The van der Waals surface area contributed by atoms with Gasteiger partial charge in [-0.2, -0.15) is 4.39 Å². The Labute approximate surface area is 145 Å². The van der Waals surface area contributed by atoms with Crippen molar-refractivity contribution in [3.8, 4) is 11.1 Å². The van der Waals surface area contributed by atoms with Gasteiger partial charge in [0.05, 0.1) is 23.8 Å². The average Bonchev–Trinajstić information content (AvgIpc) is 2.64. The van der Waals surface area contributed by atoms with Crippen molar-refractivity contribution < 1.29 is 18.0 Å². The maximum atomic E-state index is 12.9. The lowest BCUT2D eigenvalue weighted by molar-refractivity contribution is 0.102. The number of nitrogens with one attached hydrogen (secondary N) is 1. The predicted molar refractivity (Wildman–Crippen MR) is 89.0 cm³/mol. The number of aromatic nitrogens is 3. The van der Waals surface area contributed by atoms with Crippen LogP contribution in [0.25, 0.3) is 11.1 Å². The first-order chi connectivity index (χ1) is 12.4. The molecule has 0 saturated carbocycles. The summed E-state index contributed by atoms with van der Waals surface area (Å²) in [6.07, 6.45) is 0.377. The van der Waals surface area contributed by atoms with Gasteiger partial charge in [-0.15, -0.1) is 0 Å². The second kappa shape index (κ2) is 7.18. The minimum atomic E-state index is -2.77. The van der Waals surface area contributed by atoms with Gasteiger partial charge in [0.2, 0.25) is 5.95 Å². The van der Waals surface area contributed by atoms with Crippen molar-refractivity contribution in [2.24, 2.45) is 0 Å². The summed E-state index contributed by atoms with van der Waals surface area (Å²) >= 11 is 0. The zero-order chi connectivity index (χ0) is 18.7. The SMILES string of the molecule is Nc1ccc(-c2ccc(F)nc2)cc1NC(=O)c1cnc(C(F)F)cn1. The largest absolute Gasteiger partial charge is 0.397 e. The summed E-state index contributed by atoms with van der Waals surface area (Å²) in [6.45, 7) is 0. The van der Waals surface area contributed by atoms with Crippen LogP contribution in [0.3, 0.4) is 0 Å². The van der Waals surface area contributed by atoms with Crippen molar-refractivity contribution in [2.45, 2.75) is 6.43 Å². The first kappa shape index (κ1) is 17.3.